The molecule has 3 aromatic rings. The Morgan fingerprint density at radius 1 is 1.35 bits per heavy atom. The number of aromatic nitrogens is 3. The largest absolute Gasteiger partial charge is 0.402 e. The molecule has 136 valence electrons. The van der Waals surface area contributed by atoms with Gasteiger partial charge in [-0.15, -0.1) is 0 Å². The van der Waals surface area contributed by atoms with Crippen molar-refractivity contribution in [3.05, 3.63) is 65.4 Å². The number of amidine groups is 1. The number of aliphatic imine (C=N–C) groups is 1. The molecule has 0 aliphatic heterocycles. The van der Waals surface area contributed by atoms with Gasteiger partial charge in [0, 0.05) is 8.55 Å². The fourth-order valence-corrected chi connectivity index (χ4v) is 3.43. The number of rotatable bonds is 3. The molecule has 1 aliphatic carbocycles. The van der Waals surface area contributed by atoms with Crippen molar-refractivity contribution in [3.8, 4) is 0 Å². The second-order valence-electron chi connectivity index (χ2n) is 6.49. The highest BCUT2D eigenvalue weighted by atomic mass is 19.1. The Kier molecular flexibility index (Phi) is 3.91. The fraction of sp³-hybridized carbons (Fsp3) is 0.211. The number of benzene rings is 1. The van der Waals surface area contributed by atoms with Gasteiger partial charge >= 0.3 is 0 Å². The van der Waals surface area contributed by atoms with Crippen LogP contribution in [-0.4, -0.2) is 20.4 Å². The highest BCUT2D eigenvalue weighted by Crippen LogP contribution is 2.36. The van der Waals surface area contributed by atoms with Gasteiger partial charge in [0.25, 0.3) is 0 Å². The molecule has 4 rings (SSSR count). The number of nitrogens with zero attached hydrogens (tertiary/aromatic N) is 4. The van der Waals surface area contributed by atoms with Crippen LogP contribution in [0.5, 0.6) is 0 Å². The number of allylic oxidation sites excluding steroid dienone is 1. The van der Waals surface area contributed by atoms with E-state index in [1.165, 1.54) is 11.6 Å². The van der Waals surface area contributed by atoms with Gasteiger partial charge in [0.15, 0.2) is 11.5 Å². The van der Waals surface area contributed by atoms with E-state index in [-0.39, 0.29) is 20.5 Å². The summed E-state index contributed by atoms with van der Waals surface area (Å²) in [5, 5.41) is 0. The molecule has 6 nitrogen and oxygen atoms in total. The standard InChI is InChI=1S/C19H19FN6.2H2/c1-11(21)8-17(22)24-18-7-5-15-19(25-18)26(10-23-15)16-6-3-12-2-4-13(20)9-14(12)16;;/h2,4-5,7-10,16H,3,6,21H2,1H3,(H2,22,24,25);2*1H/b11-8-;;/t16-;;/m1../s1. The molecule has 7 heteroatoms. The lowest BCUT2D eigenvalue weighted by atomic mass is 10.1. The maximum Gasteiger partial charge on any atom is 0.162 e. The first-order valence-electron chi connectivity index (χ1n) is 8.41. The molecule has 2 heterocycles. The zero-order valence-corrected chi connectivity index (χ0v) is 14.4. The highest BCUT2D eigenvalue weighted by Gasteiger charge is 2.26. The summed E-state index contributed by atoms with van der Waals surface area (Å²) in [6.07, 6.45) is 5.13. The number of imidazole rings is 1. The number of hydrogen-bond acceptors (Lipinski definition) is 4. The van der Waals surface area contributed by atoms with E-state index in [0.717, 1.165) is 23.9 Å². The van der Waals surface area contributed by atoms with Crippen molar-refractivity contribution in [1.82, 2.24) is 14.5 Å². The van der Waals surface area contributed by atoms with Gasteiger partial charge in [0.05, 0.1) is 12.4 Å². The highest BCUT2D eigenvalue weighted by molar-refractivity contribution is 5.93. The van der Waals surface area contributed by atoms with Crippen LogP contribution in [0.15, 0.2) is 53.4 Å². The van der Waals surface area contributed by atoms with Gasteiger partial charge in [-0.3, -0.25) is 0 Å². The maximum atomic E-state index is 13.7. The number of fused-ring (bicyclic) bond motifs is 2. The van der Waals surface area contributed by atoms with Crippen LogP contribution < -0.4 is 11.5 Å². The van der Waals surface area contributed by atoms with E-state index in [4.69, 9.17) is 11.5 Å². The van der Waals surface area contributed by atoms with Crippen molar-refractivity contribution in [3.63, 3.8) is 0 Å². The second kappa shape index (κ2) is 6.25. The summed E-state index contributed by atoms with van der Waals surface area (Å²) in [6.45, 7) is 1.74. The minimum Gasteiger partial charge on any atom is -0.402 e. The number of halogens is 1. The minimum atomic E-state index is -0.227. The van der Waals surface area contributed by atoms with Crippen LogP contribution in [-0.2, 0) is 6.42 Å². The van der Waals surface area contributed by atoms with Gasteiger partial charge in [0.1, 0.15) is 17.2 Å². The van der Waals surface area contributed by atoms with Crippen molar-refractivity contribution in [2.24, 2.45) is 16.5 Å². The van der Waals surface area contributed by atoms with Crippen LogP contribution >= 0.6 is 0 Å². The van der Waals surface area contributed by atoms with Crippen molar-refractivity contribution in [2.45, 2.75) is 25.8 Å². The minimum absolute atomic E-state index is 0. The SMILES string of the molecule is C/C(N)=C/C(N)=Nc1ccc2ncn([C@@H]3CCc4ccc(F)cc43)c2n1.[HH].[HH]. The molecule has 0 unspecified atom stereocenters. The van der Waals surface area contributed by atoms with Gasteiger partial charge in [-0.05, 0) is 61.2 Å². The summed E-state index contributed by atoms with van der Waals surface area (Å²) in [4.78, 5) is 13.3. The van der Waals surface area contributed by atoms with E-state index >= 15 is 0 Å². The average Bonchev–Trinajstić information content (AvgIpc) is 3.16. The molecule has 0 spiro atoms. The summed E-state index contributed by atoms with van der Waals surface area (Å²) in [5.41, 5.74) is 15.7. The molecule has 1 aliphatic rings. The number of aryl methyl sites for hydroxylation is 1. The molecule has 0 radical (unpaired) electrons. The Morgan fingerprint density at radius 2 is 2.19 bits per heavy atom. The summed E-state index contributed by atoms with van der Waals surface area (Å²) < 4.78 is 15.7. The van der Waals surface area contributed by atoms with E-state index in [2.05, 4.69) is 15.0 Å². The molecular weight excluding hydrogens is 331 g/mol. The normalized spacial score (nSPS) is 17.7. The fourth-order valence-electron chi connectivity index (χ4n) is 3.43. The molecule has 4 N–H and O–H groups in total. The lowest BCUT2D eigenvalue weighted by Crippen LogP contribution is -2.10. The van der Waals surface area contributed by atoms with E-state index < -0.39 is 0 Å². The predicted octanol–water partition coefficient (Wildman–Crippen LogP) is 3.45. The van der Waals surface area contributed by atoms with E-state index in [1.807, 2.05) is 16.7 Å². The lowest BCUT2D eigenvalue weighted by Gasteiger charge is -2.14. The third kappa shape index (κ3) is 2.92. The Bertz CT molecular complexity index is 1060. The van der Waals surface area contributed by atoms with Crippen molar-refractivity contribution >= 4 is 22.8 Å². The Labute approximate surface area is 153 Å². The predicted molar refractivity (Wildman–Crippen MR) is 104 cm³/mol. The first-order valence-corrected chi connectivity index (χ1v) is 8.41. The molecule has 0 saturated carbocycles. The van der Waals surface area contributed by atoms with Crippen LogP contribution in [0.1, 0.15) is 33.4 Å². The lowest BCUT2D eigenvalue weighted by molar-refractivity contribution is 0.582. The molecule has 0 bridgehead atoms. The van der Waals surface area contributed by atoms with Crippen LogP contribution in [0.25, 0.3) is 11.2 Å². The molecule has 26 heavy (non-hydrogen) atoms. The Balaban J connectivity index is 0.00000140. The molecule has 0 fully saturated rings. The molecule has 0 saturated heterocycles. The van der Waals surface area contributed by atoms with Gasteiger partial charge in [-0.1, -0.05) is 6.07 Å². The molecule has 1 aromatic carbocycles. The summed E-state index contributed by atoms with van der Waals surface area (Å²) in [6, 6.07) is 8.59. The number of hydrogen-bond donors (Lipinski definition) is 2. The maximum absolute atomic E-state index is 13.7. The Hall–Kier alpha value is -3.22. The van der Waals surface area contributed by atoms with E-state index in [9.17, 15) is 4.39 Å². The molecular formula is C19H23FN6. The van der Waals surface area contributed by atoms with E-state index in [0.29, 0.717) is 17.2 Å². The van der Waals surface area contributed by atoms with Crippen LogP contribution in [0.2, 0.25) is 0 Å². The van der Waals surface area contributed by atoms with Crippen LogP contribution in [0.3, 0.4) is 0 Å². The third-order valence-electron chi connectivity index (χ3n) is 4.51. The zero-order valence-electron chi connectivity index (χ0n) is 14.4. The topological polar surface area (TPSA) is 95.1 Å². The first kappa shape index (κ1) is 16.3. The Morgan fingerprint density at radius 3 is 3.00 bits per heavy atom. The first-order chi connectivity index (χ1) is 12.5. The number of pyridine rings is 1. The molecule has 2 aromatic heterocycles. The second-order valence-corrected chi connectivity index (χ2v) is 6.49. The summed E-state index contributed by atoms with van der Waals surface area (Å²) in [7, 11) is 0. The average molecular weight is 354 g/mol. The van der Waals surface area contributed by atoms with Crippen molar-refractivity contribution in [1.29, 1.82) is 0 Å². The van der Waals surface area contributed by atoms with Gasteiger partial charge < -0.3 is 16.0 Å². The smallest absolute Gasteiger partial charge is 0.162 e. The van der Waals surface area contributed by atoms with Crippen LogP contribution in [0, 0.1) is 5.82 Å². The van der Waals surface area contributed by atoms with Gasteiger partial charge in [0.2, 0.25) is 0 Å². The monoisotopic (exact) mass is 354 g/mol. The third-order valence-corrected chi connectivity index (χ3v) is 4.51. The quantitative estimate of drug-likeness (QED) is 0.556. The van der Waals surface area contributed by atoms with Gasteiger partial charge in [-0.2, -0.15) is 0 Å². The number of nitrogens with two attached hydrogens (primary N) is 2. The van der Waals surface area contributed by atoms with E-state index in [1.54, 1.807) is 31.5 Å². The molecule has 1 atom stereocenters. The summed E-state index contributed by atoms with van der Waals surface area (Å²) in [5.74, 6) is 0.540. The zero-order chi connectivity index (χ0) is 18.3. The van der Waals surface area contributed by atoms with Crippen molar-refractivity contribution < 1.29 is 7.24 Å². The molecule has 0 amide bonds. The van der Waals surface area contributed by atoms with Crippen LogP contribution in [0.4, 0.5) is 10.2 Å². The summed E-state index contributed by atoms with van der Waals surface area (Å²) >= 11 is 0. The van der Waals surface area contributed by atoms with Crippen molar-refractivity contribution in [2.75, 3.05) is 0 Å². The van der Waals surface area contributed by atoms with Gasteiger partial charge in [-0.25, -0.2) is 19.4 Å².